The number of aromatic amines is 1. The summed E-state index contributed by atoms with van der Waals surface area (Å²) in [7, 11) is 0. The Kier molecular flexibility index (Phi) is 18.9. The lowest BCUT2D eigenvalue weighted by atomic mass is 10.1. The van der Waals surface area contributed by atoms with Crippen LogP contribution >= 0.6 is 0 Å². The SMILES string of the molecule is CC.CC.CC.CC/C(C#N)=C/c1ccccc1.c1ncc2cc[nH]c2n1. The van der Waals surface area contributed by atoms with Crippen molar-refractivity contribution in [3.63, 3.8) is 0 Å². The lowest BCUT2D eigenvalue weighted by Gasteiger charge is -1.93. The molecule has 1 N–H and O–H groups in total. The average Bonchev–Trinajstić information content (AvgIpc) is 3.26. The molecule has 0 fully saturated rings. The Bertz CT molecular complexity index is 722. The van der Waals surface area contributed by atoms with Gasteiger partial charge in [0, 0.05) is 23.4 Å². The molecule has 146 valence electrons. The summed E-state index contributed by atoms with van der Waals surface area (Å²) in [5.74, 6) is 0. The molecule has 0 aliphatic rings. The second-order valence-corrected chi connectivity index (χ2v) is 4.35. The van der Waals surface area contributed by atoms with Crippen LogP contribution in [-0.4, -0.2) is 15.0 Å². The van der Waals surface area contributed by atoms with E-state index in [0.717, 1.165) is 28.6 Å². The molecule has 0 saturated heterocycles. The normalized spacial score (nSPS) is 8.89. The Morgan fingerprint density at radius 2 is 1.67 bits per heavy atom. The van der Waals surface area contributed by atoms with Gasteiger partial charge in [-0.25, -0.2) is 9.97 Å². The highest BCUT2D eigenvalue weighted by Crippen LogP contribution is 2.07. The average molecular weight is 367 g/mol. The standard InChI is InChI=1S/C11H11N.C6H5N3.3C2H6/c1-2-10(9-12)8-11-6-4-3-5-7-11;1-2-8-6-5(1)3-7-4-9-6;3*1-2/h3-8H,2H2,1H3;1-4H,(H,7,8,9);3*1-2H3/b10-8-;;;;. The predicted molar refractivity (Wildman–Crippen MR) is 118 cm³/mol. The predicted octanol–water partition coefficient (Wildman–Crippen LogP) is 7.04. The van der Waals surface area contributed by atoms with Gasteiger partial charge in [0.15, 0.2) is 0 Å². The molecule has 2 heterocycles. The van der Waals surface area contributed by atoms with Gasteiger partial charge in [-0.2, -0.15) is 5.26 Å². The maximum Gasteiger partial charge on any atom is 0.140 e. The maximum absolute atomic E-state index is 8.67. The number of fused-ring (bicyclic) bond motifs is 1. The summed E-state index contributed by atoms with van der Waals surface area (Å²) in [6, 6.07) is 14.0. The van der Waals surface area contributed by atoms with E-state index in [1.165, 1.54) is 6.33 Å². The molecule has 0 amide bonds. The fraction of sp³-hybridized carbons (Fsp3) is 0.348. The van der Waals surface area contributed by atoms with Gasteiger partial charge in [-0.15, -0.1) is 0 Å². The van der Waals surface area contributed by atoms with Crippen LogP contribution in [0.2, 0.25) is 0 Å². The summed E-state index contributed by atoms with van der Waals surface area (Å²) in [6.07, 6.45) is 7.86. The molecule has 0 radical (unpaired) electrons. The Balaban J connectivity index is 0. The highest BCUT2D eigenvalue weighted by atomic mass is 14.9. The third kappa shape index (κ3) is 11.3. The van der Waals surface area contributed by atoms with E-state index in [4.69, 9.17) is 5.26 Å². The number of nitrogens with one attached hydrogen (secondary N) is 1. The topological polar surface area (TPSA) is 65.4 Å². The quantitative estimate of drug-likeness (QED) is 0.495. The van der Waals surface area contributed by atoms with E-state index in [-0.39, 0.29) is 0 Å². The van der Waals surface area contributed by atoms with Crippen LogP contribution in [0.5, 0.6) is 0 Å². The number of rotatable bonds is 2. The van der Waals surface area contributed by atoms with Gasteiger partial charge in [0.1, 0.15) is 12.0 Å². The van der Waals surface area contributed by atoms with E-state index >= 15 is 0 Å². The summed E-state index contributed by atoms with van der Waals surface area (Å²) in [6.45, 7) is 14.0. The first-order valence-electron chi connectivity index (χ1n) is 9.72. The van der Waals surface area contributed by atoms with Crippen LogP contribution in [0.4, 0.5) is 0 Å². The van der Waals surface area contributed by atoms with Crippen LogP contribution in [0.25, 0.3) is 17.1 Å². The molecule has 1 aromatic carbocycles. The lowest BCUT2D eigenvalue weighted by Crippen LogP contribution is -1.75. The molecule has 0 bridgehead atoms. The van der Waals surface area contributed by atoms with Crippen LogP contribution in [0.1, 0.15) is 60.5 Å². The molecule has 4 heteroatoms. The molecule has 3 rings (SSSR count). The molecule has 0 aliphatic carbocycles. The smallest absolute Gasteiger partial charge is 0.140 e. The number of benzene rings is 1. The first-order valence-corrected chi connectivity index (χ1v) is 9.72. The summed E-state index contributed by atoms with van der Waals surface area (Å²) in [4.78, 5) is 10.8. The molecule has 0 unspecified atom stereocenters. The molecule has 3 aromatic rings. The largest absolute Gasteiger partial charge is 0.346 e. The molecule has 4 nitrogen and oxygen atoms in total. The molecule has 27 heavy (non-hydrogen) atoms. The van der Waals surface area contributed by atoms with E-state index < -0.39 is 0 Å². The van der Waals surface area contributed by atoms with Crippen LogP contribution < -0.4 is 0 Å². The van der Waals surface area contributed by atoms with Crippen LogP contribution in [0.3, 0.4) is 0 Å². The molecular formula is C23H34N4. The Morgan fingerprint density at radius 1 is 1.04 bits per heavy atom. The van der Waals surface area contributed by atoms with Gasteiger partial charge in [0.2, 0.25) is 0 Å². The second kappa shape index (κ2) is 19.4. The molecule has 0 aliphatic heterocycles. The third-order valence-electron chi connectivity index (χ3n) is 2.89. The van der Waals surface area contributed by atoms with Crippen LogP contribution in [0, 0.1) is 11.3 Å². The van der Waals surface area contributed by atoms with Crippen molar-refractivity contribution in [2.75, 3.05) is 0 Å². The zero-order valence-corrected chi connectivity index (χ0v) is 17.8. The number of nitriles is 1. The van der Waals surface area contributed by atoms with Crippen LogP contribution in [-0.2, 0) is 0 Å². The number of nitrogens with zero attached hydrogens (tertiary/aromatic N) is 3. The molecule has 0 atom stereocenters. The summed E-state index contributed by atoms with van der Waals surface area (Å²) >= 11 is 0. The van der Waals surface area contributed by atoms with Gasteiger partial charge in [0.05, 0.1) is 6.07 Å². The molecule has 0 spiro atoms. The third-order valence-corrected chi connectivity index (χ3v) is 2.89. The Morgan fingerprint density at radius 3 is 2.19 bits per heavy atom. The lowest BCUT2D eigenvalue weighted by molar-refractivity contribution is 1.16. The van der Waals surface area contributed by atoms with E-state index in [0.29, 0.717) is 0 Å². The van der Waals surface area contributed by atoms with Crippen molar-refractivity contribution in [3.05, 3.63) is 66.3 Å². The van der Waals surface area contributed by atoms with Crippen molar-refractivity contribution in [1.82, 2.24) is 15.0 Å². The highest BCUT2D eigenvalue weighted by Gasteiger charge is 1.91. The van der Waals surface area contributed by atoms with Crippen molar-refractivity contribution in [2.24, 2.45) is 0 Å². The minimum Gasteiger partial charge on any atom is -0.346 e. The Hall–Kier alpha value is -2.93. The van der Waals surface area contributed by atoms with Crippen molar-refractivity contribution >= 4 is 17.1 Å². The molecular weight excluding hydrogens is 332 g/mol. The summed E-state index contributed by atoms with van der Waals surface area (Å²) in [5.41, 5.74) is 2.81. The number of allylic oxidation sites excluding steroid dienone is 1. The molecule has 2 aromatic heterocycles. The van der Waals surface area contributed by atoms with E-state index in [1.54, 1.807) is 6.20 Å². The van der Waals surface area contributed by atoms with Crippen molar-refractivity contribution in [2.45, 2.75) is 54.9 Å². The second-order valence-electron chi connectivity index (χ2n) is 4.35. The summed E-state index contributed by atoms with van der Waals surface area (Å²) in [5, 5.41) is 9.72. The van der Waals surface area contributed by atoms with Crippen molar-refractivity contribution in [1.29, 1.82) is 5.26 Å². The number of hydrogen-bond acceptors (Lipinski definition) is 3. The first kappa shape index (κ1) is 26.3. The maximum atomic E-state index is 8.67. The van der Waals surface area contributed by atoms with E-state index in [1.807, 2.05) is 97.1 Å². The van der Waals surface area contributed by atoms with Gasteiger partial charge in [-0.3, -0.25) is 0 Å². The van der Waals surface area contributed by atoms with E-state index in [9.17, 15) is 0 Å². The van der Waals surface area contributed by atoms with Crippen molar-refractivity contribution < 1.29 is 0 Å². The first-order chi connectivity index (χ1) is 13.3. The van der Waals surface area contributed by atoms with Crippen molar-refractivity contribution in [3.8, 4) is 6.07 Å². The molecule has 0 saturated carbocycles. The zero-order chi connectivity index (χ0) is 20.9. The fourth-order valence-corrected chi connectivity index (χ4v) is 1.76. The van der Waals surface area contributed by atoms with Gasteiger partial charge in [-0.1, -0.05) is 78.8 Å². The van der Waals surface area contributed by atoms with E-state index in [2.05, 4.69) is 21.0 Å². The van der Waals surface area contributed by atoms with Gasteiger partial charge >= 0.3 is 0 Å². The number of aromatic nitrogens is 3. The summed E-state index contributed by atoms with van der Waals surface area (Å²) < 4.78 is 0. The minimum absolute atomic E-state index is 0.797. The van der Waals surface area contributed by atoms with Gasteiger partial charge < -0.3 is 4.98 Å². The monoisotopic (exact) mass is 366 g/mol. The number of hydrogen-bond donors (Lipinski definition) is 1. The minimum atomic E-state index is 0.797. The number of H-pyrrole nitrogens is 1. The fourth-order valence-electron chi connectivity index (χ4n) is 1.76. The van der Waals surface area contributed by atoms with Gasteiger partial charge in [-0.05, 0) is 24.1 Å². The highest BCUT2D eigenvalue weighted by molar-refractivity contribution is 5.73. The zero-order valence-electron chi connectivity index (χ0n) is 17.8. The van der Waals surface area contributed by atoms with Gasteiger partial charge in [0.25, 0.3) is 0 Å². The Labute approximate surface area is 165 Å². The van der Waals surface area contributed by atoms with Crippen LogP contribution in [0.15, 0.2) is 60.7 Å².